The summed E-state index contributed by atoms with van der Waals surface area (Å²) in [5.74, 6) is 0. The van der Waals surface area contributed by atoms with E-state index in [4.69, 9.17) is 5.10 Å². The standard InChI is InChI=1S/C17H21N3/c1-18-17(14-8-4-2-5-9-14)16-12-13-20(19-16)15-10-6-3-7-11-15/h3,6-8,10-13,17-18H,2,4-5,9H2,1H3. The van der Waals surface area contributed by atoms with Crippen LogP contribution in [0.3, 0.4) is 0 Å². The minimum Gasteiger partial charge on any atom is -0.308 e. The summed E-state index contributed by atoms with van der Waals surface area (Å²) in [6.45, 7) is 0. The van der Waals surface area contributed by atoms with Gasteiger partial charge in [0.15, 0.2) is 0 Å². The van der Waals surface area contributed by atoms with E-state index >= 15 is 0 Å². The van der Waals surface area contributed by atoms with Crippen molar-refractivity contribution >= 4 is 0 Å². The molecule has 0 saturated heterocycles. The van der Waals surface area contributed by atoms with Gasteiger partial charge in [0.25, 0.3) is 0 Å². The van der Waals surface area contributed by atoms with Crippen LogP contribution in [0.4, 0.5) is 0 Å². The molecule has 1 aliphatic carbocycles. The number of para-hydroxylation sites is 1. The number of benzene rings is 1. The van der Waals surface area contributed by atoms with Crippen LogP contribution in [-0.2, 0) is 0 Å². The van der Waals surface area contributed by atoms with Gasteiger partial charge in [0.1, 0.15) is 0 Å². The molecule has 1 heterocycles. The first-order valence-corrected chi connectivity index (χ1v) is 7.35. The van der Waals surface area contributed by atoms with E-state index in [1.807, 2.05) is 36.1 Å². The minimum absolute atomic E-state index is 0.250. The van der Waals surface area contributed by atoms with E-state index in [0.717, 1.165) is 11.4 Å². The summed E-state index contributed by atoms with van der Waals surface area (Å²) in [5.41, 5.74) is 3.69. The second-order valence-corrected chi connectivity index (χ2v) is 5.27. The van der Waals surface area contributed by atoms with E-state index in [1.54, 1.807) is 0 Å². The largest absolute Gasteiger partial charge is 0.308 e. The average molecular weight is 267 g/mol. The molecule has 0 amide bonds. The van der Waals surface area contributed by atoms with Gasteiger partial charge in [-0.2, -0.15) is 5.10 Å². The number of hydrogen-bond donors (Lipinski definition) is 1. The van der Waals surface area contributed by atoms with Crippen molar-refractivity contribution in [3.8, 4) is 5.69 Å². The number of aromatic nitrogens is 2. The third kappa shape index (κ3) is 2.68. The summed E-state index contributed by atoms with van der Waals surface area (Å²) >= 11 is 0. The van der Waals surface area contributed by atoms with Crippen molar-refractivity contribution in [2.45, 2.75) is 31.7 Å². The molecule has 20 heavy (non-hydrogen) atoms. The van der Waals surface area contributed by atoms with E-state index < -0.39 is 0 Å². The van der Waals surface area contributed by atoms with Crippen LogP contribution in [0.25, 0.3) is 5.69 Å². The van der Waals surface area contributed by atoms with Crippen LogP contribution in [0, 0.1) is 0 Å². The van der Waals surface area contributed by atoms with Crippen molar-refractivity contribution in [1.29, 1.82) is 0 Å². The second kappa shape index (κ2) is 6.06. The molecule has 0 saturated carbocycles. The average Bonchev–Trinajstić information content (AvgIpc) is 3.00. The zero-order valence-electron chi connectivity index (χ0n) is 11.9. The number of nitrogens with one attached hydrogen (secondary N) is 1. The Balaban J connectivity index is 1.86. The fourth-order valence-corrected chi connectivity index (χ4v) is 2.86. The minimum atomic E-state index is 0.250. The van der Waals surface area contributed by atoms with Crippen LogP contribution in [0.15, 0.2) is 54.2 Å². The second-order valence-electron chi connectivity index (χ2n) is 5.27. The molecule has 0 spiro atoms. The lowest BCUT2D eigenvalue weighted by Crippen LogP contribution is -2.20. The molecule has 3 nitrogen and oxygen atoms in total. The first-order chi connectivity index (χ1) is 9.88. The molecule has 2 aromatic rings. The molecule has 1 aromatic carbocycles. The molecule has 1 aliphatic rings. The van der Waals surface area contributed by atoms with Crippen molar-refractivity contribution in [2.24, 2.45) is 0 Å². The fraction of sp³-hybridized carbons (Fsp3) is 0.353. The molecule has 104 valence electrons. The summed E-state index contributed by atoms with van der Waals surface area (Å²) < 4.78 is 1.95. The highest BCUT2D eigenvalue weighted by Gasteiger charge is 2.18. The maximum Gasteiger partial charge on any atom is 0.0840 e. The molecule has 3 rings (SSSR count). The van der Waals surface area contributed by atoms with Crippen LogP contribution in [-0.4, -0.2) is 16.8 Å². The fourth-order valence-electron chi connectivity index (χ4n) is 2.86. The summed E-state index contributed by atoms with van der Waals surface area (Å²) in [4.78, 5) is 0. The Labute approximate surface area is 120 Å². The molecular formula is C17H21N3. The Hall–Kier alpha value is -1.87. The topological polar surface area (TPSA) is 29.9 Å². The van der Waals surface area contributed by atoms with Crippen LogP contribution < -0.4 is 5.32 Å². The van der Waals surface area contributed by atoms with Gasteiger partial charge in [0, 0.05) is 6.20 Å². The molecule has 0 fully saturated rings. The summed E-state index contributed by atoms with van der Waals surface area (Å²) in [6.07, 6.45) is 9.42. The van der Waals surface area contributed by atoms with Gasteiger partial charge in [-0.25, -0.2) is 4.68 Å². The molecule has 1 unspecified atom stereocenters. The summed E-state index contributed by atoms with van der Waals surface area (Å²) in [6, 6.07) is 12.6. The van der Waals surface area contributed by atoms with Gasteiger partial charge in [-0.15, -0.1) is 0 Å². The predicted octanol–water partition coefficient (Wildman–Crippen LogP) is 3.63. The monoisotopic (exact) mass is 267 g/mol. The van der Waals surface area contributed by atoms with E-state index in [-0.39, 0.29) is 6.04 Å². The maximum absolute atomic E-state index is 4.74. The summed E-state index contributed by atoms with van der Waals surface area (Å²) in [7, 11) is 2.02. The summed E-state index contributed by atoms with van der Waals surface area (Å²) in [5, 5.41) is 8.15. The molecule has 0 radical (unpaired) electrons. The predicted molar refractivity (Wildman–Crippen MR) is 81.9 cm³/mol. The van der Waals surface area contributed by atoms with Crippen molar-refractivity contribution in [3.05, 3.63) is 59.9 Å². The number of allylic oxidation sites excluding steroid dienone is 1. The van der Waals surface area contributed by atoms with Gasteiger partial charge in [-0.1, -0.05) is 29.8 Å². The van der Waals surface area contributed by atoms with Gasteiger partial charge < -0.3 is 5.32 Å². The molecule has 1 N–H and O–H groups in total. The zero-order chi connectivity index (χ0) is 13.8. The molecule has 0 aliphatic heterocycles. The van der Waals surface area contributed by atoms with Crippen LogP contribution in [0.5, 0.6) is 0 Å². The molecular weight excluding hydrogens is 246 g/mol. The lowest BCUT2D eigenvalue weighted by Gasteiger charge is -2.21. The van der Waals surface area contributed by atoms with Gasteiger partial charge in [-0.3, -0.25) is 0 Å². The van der Waals surface area contributed by atoms with Crippen molar-refractivity contribution in [3.63, 3.8) is 0 Å². The Morgan fingerprint density at radius 3 is 2.70 bits per heavy atom. The highest BCUT2D eigenvalue weighted by atomic mass is 15.3. The van der Waals surface area contributed by atoms with Gasteiger partial charge in [0.2, 0.25) is 0 Å². The first-order valence-electron chi connectivity index (χ1n) is 7.35. The quantitative estimate of drug-likeness (QED) is 0.857. The smallest absolute Gasteiger partial charge is 0.0840 e. The van der Waals surface area contributed by atoms with Gasteiger partial charge >= 0.3 is 0 Å². The molecule has 3 heteroatoms. The Kier molecular flexibility index (Phi) is 3.97. The Bertz CT molecular complexity index is 583. The number of rotatable bonds is 4. The molecule has 0 bridgehead atoms. The van der Waals surface area contributed by atoms with Gasteiger partial charge in [-0.05, 0) is 50.9 Å². The van der Waals surface area contributed by atoms with Gasteiger partial charge in [0.05, 0.1) is 17.4 Å². The van der Waals surface area contributed by atoms with Crippen LogP contribution >= 0.6 is 0 Å². The zero-order valence-corrected chi connectivity index (χ0v) is 11.9. The SMILES string of the molecule is CNC(C1=CCCCC1)c1ccn(-c2ccccc2)n1. The van der Waals surface area contributed by atoms with Crippen molar-refractivity contribution < 1.29 is 0 Å². The third-order valence-electron chi connectivity index (χ3n) is 3.91. The number of nitrogens with zero attached hydrogens (tertiary/aromatic N) is 2. The van der Waals surface area contributed by atoms with E-state index in [9.17, 15) is 0 Å². The highest BCUT2D eigenvalue weighted by molar-refractivity contribution is 5.32. The number of likely N-dealkylation sites (N-methyl/N-ethyl adjacent to an activating group) is 1. The number of hydrogen-bond acceptors (Lipinski definition) is 2. The molecule has 1 atom stereocenters. The first kappa shape index (κ1) is 13.1. The Morgan fingerprint density at radius 1 is 1.15 bits per heavy atom. The van der Waals surface area contributed by atoms with Crippen molar-refractivity contribution in [2.75, 3.05) is 7.05 Å². The van der Waals surface area contributed by atoms with E-state index in [1.165, 1.54) is 31.3 Å². The lowest BCUT2D eigenvalue weighted by molar-refractivity contribution is 0.578. The highest BCUT2D eigenvalue weighted by Crippen LogP contribution is 2.28. The maximum atomic E-state index is 4.74. The van der Waals surface area contributed by atoms with Crippen LogP contribution in [0.2, 0.25) is 0 Å². The van der Waals surface area contributed by atoms with E-state index in [2.05, 4.69) is 29.6 Å². The Morgan fingerprint density at radius 2 is 2.00 bits per heavy atom. The van der Waals surface area contributed by atoms with E-state index in [0.29, 0.717) is 0 Å². The van der Waals surface area contributed by atoms with Crippen LogP contribution in [0.1, 0.15) is 37.4 Å². The lowest BCUT2D eigenvalue weighted by atomic mass is 9.92. The molecule has 1 aromatic heterocycles. The van der Waals surface area contributed by atoms with Crippen molar-refractivity contribution in [1.82, 2.24) is 15.1 Å². The third-order valence-corrected chi connectivity index (χ3v) is 3.91. The normalized spacial score (nSPS) is 16.8.